The smallest absolute Gasteiger partial charge is 0.252 e. The molecule has 0 saturated carbocycles. The topological polar surface area (TPSA) is 122 Å². The number of rotatable bonds is 5. The molecule has 1 aromatic carbocycles. The molecule has 2 aromatic heterocycles. The molecule has 0 radical (unpaired) electrons. The standard InChI is InChI=1S/C23H24N2O7/c1-13-9-19(26)21(28)22(32-13)16(12-20(27)25-5-7-31-8-6-25)17-10-14-3-4-15(30-2)11-18(14)24-23(17)29/h3-4,9-11,16,28H,5-8,12H2,1-2H3,(H,24,29)/t16-/m0/s1. The Kier molecular flexibility index (Phi) is 6.00. The Labute approximate surface area is 183 Å². The highest BCUT2D eigenvalue weighted by atomic mass is 16.5. The highest BCUT2D eigenvalue weighted by Gasteiger charge is 2.30. The van der Waals surface area contributed by atoms with Crippen LogP contribution < -0.4 is 15.7 Å². The van der Waals surface area contributed by atoms with E-state index in [0.29, 0.717) is 43.0 Å². The Morgan fingerprint density at radius 1 is 1.22 bits per heavy atom. The van der Waals surface area contributed by atoms with Crippen molar-refractivity contribution in [2.24, 2.45) is 0 Å². The number of amides is 1. The van der Waals surface area contributed by atoms with Crippen LogP contribution in [0.25, 0.3) is 10.9 Å². The number of benzene rings is 1. The van der Waals surface area contributed by atoms with Crippen LogP contribution in [0.15, 0.2) is 44.3 Å². The van der Waals surface area contributed by atoms with Crippen molar-refractivity contribution in [2.75, 3.05) is 33.4 Å². The Morgan fingerprint density at radius 2 is 1.97 bits per heavy atom. The summed E-state index contributed by atoms with van der Waals surface area (Å²) < 4.78 is 16.2. The number of nitrogens with one attached hydrogen (secondary N) is 1. The molecule has 32 heavy (non-hydrogen) atoms. The minimum atomic E-state index is -0.951. The number of hydrogen-bond donors (Lipinski definition) is 2. The van der Waals surface area contributed by atoms with E-state index in [9.17, 15) is 19.5 Å². The van der Waals surface area contributed by atoms with E-state index in [-0.39, 0.29) is 29.4 Å². The van der Waals surface area contributed by atoms with Gasteiger partial charge in [0.25, 0.3) is 5.56 Å². The van der Waals surface area contributed by atoms with Gasteiger partial charge in [-0.2, -0.15) is 0 Å². The van der Waals surface area contributed by atoms with Gasteiger partial charge in [0, 0.05) is 37.2 Å². The lowest BCUT2D eigenvalue weighted by Crippen LogP contribution is -2.41. The molecule has 1 fully saturated rings. The van der Waals surface area contributed by atoms with E-state index in [4.69, 9.17) is 13.9 Å². The number of morpholine rings is 1. The van der Waals surface area contributed by atoms with Gasteiger partial charge in [0.15, 0.2) is 5.76 Å². The maximum absolute atomic E-state index is 13.0. The molecule has 9 heteroatoms. The second kappa shape index (κ2) is 8.88. The molecule has 0 aliphatic carbocycles. The minimum Gasteiger partial charge on any atom is -0.502 e. The number of hydrogen-bond acceptors (Lipinski definition) is 7. The summed E-state index contributed by atoms with van der Waals surface area (Å²) in [6.07, 6.45) is -0.148. The number of aryl methyl sites for hydroxylation is 1. The van der Waals surface area contributed by atoms with Gasteiger partial charge in [-0.3, -0.25) is 14.4 Å². The maximum atomic E-state index is 13.0. The van der Waals surface area contributed by atoms with E-state index in [1.807, 2.05) is 0 Å². The zero-order chi connectivity index (χ0) is 22.8. The molecular weight excluding hydrogens is 416 g/mol. The van der Waals surface area contributed by atoms with Crippen LogP contribution in [-0.2, 0) is 9.53 Å². The van der Waals surface area contributed by atoms with Gasteiger partial charge < -0.3 is 28.9 Å². The van der Waals surface area contributed by atoms with Crippen molar-refractivity contribution in [3.8, 4) is 11.5 Å². The van der Waals surface area contributed by atoms with Crippen LogP contribution in [0, 0.1) is 6.92 Å². The molecule has 3 heterocycles. The normalized spacial score (nSPS) is 15.0. The average molecular weight is 440 g/mol. The van der Waals surface area contributed by atoms with Crippen LogP contribution >= 0.6 is 0 Å². The van der Waals surface area contributed by atoms with Crippen molar-refractivity contribution >= 4 is 16.8 Å². The molecule has 2 N–H and O–H groups in total. The van der Waals surface area contributed by atoms with E-state index >= 15 is 0 Å². The number of H-pyrrole nitrogens is 1. The lowest BCUT2D eigenvalue weighted by Gasteiger charge is -2.28. The number of aromatic amines is 1. The highest BCUT2D eigenvalue weighted by Crippen LogP contribution is 2.33. The summed E-state index contributed by atoms with van der Waals surface area (Å²) in [6.45, 7) is 3.30. The molecule has 1 aliphatic heterocycles. The highest BCUT2D eigenvalue weighted by molar-refractivity contribution is 5.82. The first-order valence-electron chi connectivity index (χ1n) is 10.3. The third kappa shape index (κ3) is 4.24. The van der Waals surface area contributed by atoms with Gasteiger partial charge in [-0.15, -0.1) is 0 Å². The molecule has 1 saturated heterocycles. The first kappa shape index (κ1) is 21.6. The van der Waals surface area contributed by atoms with E-state index < -0.39 is 22.7 Å². The van der Waals surface area contributed by atoms with Gasteiger partial charge in [-0.25, -0.2) is 0 Å². The van der Waals surface area contributed by atoms with Gasteiger partial charge in [-0.1, -0.05) is 0 Å². The van der Waals surface area contributed by atoms with Gasteiger partial charge in [0.05, 0.1) is 31.8 Å². The molecule has 168 valence electrons. The fraction of sp³-hybridized carbons (Fsp3) is 0.348. The van der Waals surface area contributed by atoms with Crippen molar-refractivity contribution in [3.05, 3.63) is 68.0 Å². The number of aromatic hydroxyl groups is 1. The van der Waals surface area contributed by atoms with Crippen LogP contribution in [0.4, 0.5) is 0 Å². The van der Waals surface area contributed by atoms with E-state index in [2.05, 4.69) is 4.98 Å². The number of fused-ring (bicyclic) bond motifs is 1. The third-order valence-electron chi connectivity index (χ3n) is 5.59. The molecule has 4 rings (SSSR count). The van der Waals surface area contributed by atoms with Gasteiger partial charge in [-0.05, 0) is 30.5 Å². The average Bonchev–Trinajstić information content (AvgIpc) is 2.79. The van der Waals surface area contributed by atoms with E-state index in [0.717, 1.165) is 6.07 Å². The molecule has 0 bridgehead atoms. The molecule has 1 amide bonds. The van der Waals surface area contributed by atoms with Crippen LogP contribution in [0.5, 0.6) is 11.5 Å². The van der Waals surface area contributed by atoms with Crippen molar-refractivity contribution in [1.82, 2.24) is 9.88 Å². The summed E-state index contributed by atoms with van der Waals surface area (Å²) in [7, 11) is 1.53. The zero-order valence-electron chi connectivity index (χ0n) is 17.8. The monoisotopic (exact) mass is 440 g/mol. The molecule has 0 unspecified atom stereocenters. The summed E-state index contributed by atoms with van der Waals surface area (Å²) in [6, 6.07) is 8.03. The lowest BCUT2D eigenvalue weighted by molar-refractivity contribution is -0.135. The number of carbonyl (C=O) groups excluding carboxylic acids is 1. The fourth-order valence-corrected chi connectivity index (χ4v) is 3.91. The predicted octanol–water partition coefficient (Wildman–Crippen LogP) is 1.88. The quantitative estimate of drug-likeness (QED) is 0.621. The first-order valence-corrected chi connectivity index (χ1v) is 10.3. The summed E-state index contributed by atoms with van der Waals surface area (Å²) in [5, 5.41) is 11.2. The summed E-state index contributed by atoms with van der Waals surface area (Å²) in [4.78, 5) is 42.8. The number of nitrogens with zero attached hydrogens (tertiary/aromatic N) is 1. The molecule has 1 atom stereocenters. The van der Waals surface area contributed by atoms with Gasteiger partial charge in [0.1, 0.15) is 11.5 Å². The number of aromatic nitrogens is 1. The third-order valence-corrected chi connectivity index (χ3v) is 5.59. The molecule has 9 nitrogen and oxygen atoms in total. The summed E-state index contributed by atoms with van der Waals surface area (Å²) in [5.41, 5.74) is -0.303. The van der Waals surface area contributed by atoms with Crippen molar-refractivity contribution < 1.29 is 23.8 Å². The summed E-state index contributed by atoms with van der Waals surface area (Å²) >= 11 is 0. The lowest BCUT2D eigenvalue weighted by atomic mass is 9.91. The Balaban J connectivity index is 1.84. The largest absolute Gasteiger partial charge is 0.502 e. The zero-order valence-corrected chi connectivity index (χ0v) is 17.8. The van der Waals surface area contributed by atoms with Crippen LogP contribution in [-0.4, -0.2) is 54.3 Å². The van der Waals surface area contributed by atoms with Crippen molar-refractivity contribution in [1.29, 1.82) is 0 Å². The van der Waals surface area contributed by atoms with Crippen molar-refractivity contribution in [2.45, 2.75) is 19.3 Å². The van der Waals surface area contributed by atoms with Gasteiger partial charge >= 0.3 is 0 Å². The summed E-state index contributed by atoms with van der Waals surface area (Å²) in [5.74, 6) is -1.03. The number of ether oxygens (including phenoxy) is 2. The number of methoxy groups -OCH3 is 1. The van der Waals surface area contributed by atoms with E-state index in [1.165, 1.54) is 7.11 Å². The van der Waals surface area contributed by atoms with E-state index in [1.54, 1.807) is 36.1 Å². The number of carbonyl (C=O) groups is 1. The molecule has 3 aromatic rings. The molecule has 0 spiro atoms. The Hall–Kier alpha value is -3.59. The minimum absolute atomic E-state index is 0.102. The van der Waals surface area contributed by atoms with Crippen LogP contribution in [0.2, 0.25) is 0 Å². The van der Waals surface area contributed by atoms with Gasteiger partial charge in [0.2, 0.25) is 17.1 Å². The van der Waals surface area contributed by atoms with Crippen LogP contribution in [0.3, 0.4) is 0 Å². The molecular formula is C23H24N2O7. The maximum Gasteiger partial charge on any atom is 0.252 e. The predicted molar refractivity (Wildman–Crippen MR) is 116 cm³/mol. The second-order valence-electron chi connectivity index (χ2n) is 7.69. The fourth-order valence-electron chi connectivity index (χ4n) is 3.91. The molecule has 1 aliphatic rings. The Bertz CT molecular complexity index is 1270. The SMILES string of the molecule is COc1ccc2cc([C@H](CC(=O)N3CCOCC3)c3oc(C)cc(=O)c3O)c(=O)[nH]c2c1. The van der Waals surface area contributed by atoms with Crippen molar-refractivity contribution in [3.63, 3.8) is 0 Å². The first-order chi connectivity index (χ1) is 15.4. The Morgan fingerprint density at radius 3 is 2.69 bits per heavy atom. The second-order valence-corrected chi connectivity index (χ2v) is 7.69. The van der Waals surface area contributed by atoms with Crippen LogP contribution in [0.1, 0.15) is 29.4 Å². The number of pyridine rings is 1.